The van der Waals surface area contributed by atoms with Gasteiger partial charge in [0, 0.05) is 46.4 Å². The zero-order valence-corrected chi connectivity index (χ0v) is 16.2. The lowest BCUT2D eigenvalue weighted by molar-refractivity contribution is 0.0698. The van der Waals surface area contributed by atoms with E-state index in [1.807, 2.05) is 7.05 Å². The summed E-state index contributed by atoms with van der Waals surface area (Å²) in [5, 5.41) is 6.83. The lowest BCUT2D eigenvalue weighted by atomic mass is 10.2. The summed E-state index contributed by atoms with van der Waals surface area (Å²) in [5.74, 6) is 0.869. The molecule has 1 aromatic rings. The lowest BCUT2D eigenvalue weighted by Crippen LogP contribution is -2.45. The van der Waals surface area contributed by atoms with E-state index in [1.54, 1.807) is 7.11 Å². The van der Waals surface area contributed by atoms with E-state index in [0.717, 1.165) is 38.6 Å². The Bertz CT molecular complexity index is 510. The van der Waals surface area contributed by atoms with Gasteiger partial charge in [0.15, 0.2) is 5.96 Å². The number of nitrogens with one attached hydrogen (secondary N) is 2. The molecule has 1 aromatic carbocycles. The Kier molecular flexibility index (Phi) is 10.1. The average Bonchev–Trinajstić information content (AvgIpc) is 3.11. The van der Waals surface area contributed by atoms with Crippen LogP contribution >= 0.6 is 0 Å². The van der Waals surface area contributed by atoms with Crippen LogP contribution in [0.3, 0.4) is 0 Å². The highest BCUT2D eigenvalue weighted by Gasteiger charge is 2.24. The highest BCUT2D eigenvalue weighted by atomic mass is 16.5. The molecule has 1 unspecified atom stereocenters. The molecule has 0 aromatic heterocycles. The normalized spacial score (nSPS) is 18.2. The molecule has 26 heavy (non-hydrogen) atoms. The number of ether oxygens (including phenoxy) is 2. The lowest BCUT2D eigenvalue weighted by Gasteiger charge is -2.25. The SMILES string of the molecule is CN=C(NCCCOCCOC)NCC1CCCN1Cc1ccccc1. The fourth-order valence-electron chi connectivity index (χ4n) is 3.21. The number of nitrogens with zero attached hydrogens (tertiary/aromatic N) is 2. The van der Waals surface area contributed by atoms with E-state index in [2.05, 4.69) is 50.9 Å². The topological polar surface area (TPSA) is 58.1 Å². The second-order valence-corrected chi connectivity index (χ2v) is 6.59. The monoisotopic (exact) mass is 362 g/mol. The molecule has 146 valence electrons. The van der Waals surface area contributed by atoms with Crippen molar-refractivity contribution in [3.8, 4) is 0 Å². The molecule has 0 spiro atoms. The van der Waals surface area contributed by atoms with Crippen LogP contribution in [-0.4, -0.2) is 70.5 Å². The Morgan fingerprint density at radius 2 is 2.04 bits per heavy atom. The van der Waals surface area contributed by atoms with Crippen LogP contribution in [-0.2, 0) is 16.0 Å². The maximum absolute atomic E-state index is 5.47. The van der Waals surface area contributed by atoms with Gasteiger partial charge in [-0.3, -0.25) is 9.89 Å². The Hall–Kier alpha value is -1.63. The van der Waals surface area contributed by atoms with Crippen molar-refractivity contribution in [1.29, 1.82) is 0 Å². The van der Waals surface area contributed by atoms with Crippen LogP contribution in [0.5, 0.6) is 0 Å². The second kappa shape index (κ2) is 12.7. The van der Waals surface area contributed by atoms with Gasteiger partial charge < -0.3 is 20.1 Å². The van der Waals surface area contributed by atoms with Gasteiger partial charge in [0.25, 0.3) is 0 Å². The van der Waals surface area contributed by atoms with Gasteiger partial charge >= 0.3 is 0 Å². The molecule has 2 N–H and O–H groups in total. The van der Waals surface area contributed by atoms with Crippen LogP contribution in [0.1, 0.15) is 24.8 Å². The molecule has 6 heteroatoms. The number of guanidine groups is 1. The minimum atomic E-state index is 0.561. The summed E-state index contributed by atoms with van der Waals surface area (Å²) in [6.45, 7) is 6.02. The largest absolute Gasteiger partial charge is 0.382 e. The van der Waals surface area contributed by atoms with Crippen molar-refractivity contribution in [3.05, 3.63) is 35.9 Å². The average molecular weight is 363 g/mol. The molecule has 0 aliphatic carbocycles. The van der Waals surface area contributed by atoms with Gasteiger partial charge in [-0.15, -0.1) is 0 Å². The molecule has 1 aliphatic rings. The Labute approximate surface area is 158 Å². The Balaban J connectivity index is 1.63. The van der Waals surface area contributed by atoms with E-state index >= 15 is 0 Å². The molecule has 0 saturated carbocycles. The second-order valence-electron chi connectivity index (χ2n) is 6.59. The van der Waals surface area contributed by atoms with Crippen molar-refractivity contribution in [2.75, 3.05) is 53.6 Å². The highest BCUT2D eigenvalue weighted by Crippen LogP contribution is 2.19. The summed E-state index contributed by atoms with van der Waals surface area (Å²) < 4.78 is 10.4. The molecule has 1 aliphatic heterocycles. The number of benzene rings is 1. The maximum Gasteiger partial charge on any atom is 0.191 e. The van der Waals surface area contributed by atoms with E-state index < -0.39 is 0 Å². The van der Waals surface area contributed by atoms with Crippen LogP contribution in [0.25, 0.3) is 0 Å². The van der Waals surface area contributed by atoms with Gasteiger partial charge in [-0.1, -0.05) is 30.3 Å². The van der Waals surface area contributed by atoms with Crippen molar-refractivity contribution in [2.45, 2.75) is 31.8 Å². The number of hydrogen-bond acceptors (Lipinski definition) is 4. The number of likely N-dealkylation sites (tertiary alicyclic amines) is 1. The number of hydrogen-bond donors (Lipinski definition) is 2. The zero-order valence-electron chi connectivity index (χ0n) is 16.2. The summed E-state index contributed by atoms with van der Waals surface area (Å²) in [4.78, 5) is 6.89. The molecule has 2 rings (SSSR count). The standard InChI is InChI=1S/C20H34N4O2/c1-21-20(22-11-7-13-26-15-14-25-2)23-16-19-10-6-12-24(19)17-18-8-4-3-5-9-18/h3-5,8-9,19H,6-7,10-17H2,1-2H3,(H2,21,22,23). The van der Waals surface area contributed by atoms with Crippen molar-refractivity contribution >= 4 is 5.96 Å². The van der Waals surface area contributed by atoms with Crippen LogP contribution in [0.2, 0.25) is 0 Å². The third kappa shape index (κ3) is 7.72. The van der Waals surface area contributed by atoms with Crippen LogP contribution in [0, 0.1) is 0 Å². The Morgan fingerprint density at radius 1 is 1.19 bits per heavy atom. The van der Waals surface area contributed by atoms with E-state index in [1.165, 1.54) is 24.9 Å². The van der Waals surface area contributed by atoms with Crippen LogP contribution in [0.15, 0.2) is 35.3 Å². The molecule has 0 radical (unpaired) electrons. The summed E-state index contributed by atoms with van der Waals surface area (Å²) in [6, 6.07) is 11.3. The molecule has 1 saturated heterocycles. The number of methoxy groups -OCH3 is 1. The summed E-state index contributed by atoms with van der Waals surface area (Å²) in [7, 11) is 3.51. The van der Waals surface area contributed by atoms with E-state index in [4.69, 9.17) is 9.47 Å². The van der Waals surface area contributed by atoms with Gasteiger partial charge in [-0.2, -0.15) is 0 Å². The first-order chi connectivity index (χ1) is 12.8. The first-order valence-electron chi connectivity index (χ1n) is 9.62. The molecule has 1 heterocycles. The fraction of sp³-hybridized carbons (Fsp3) is 0.650. The fourth-order valence-corrected chi connectivity index (χ4v) is 3.21. The summed E-state index contributed by atoms with van der Waals surface area (Å²) >= 11 is 0. The third-order valence-corrected chi connectivity index (χ3v) is 4.65. The maximum atomic E-state index is 5.47. The number of rotatable bonds is 11. The Morgan fingerprint density at radius 3 is 2.81 bits per heavy atom. The van der Waals surface area contributed by atoms with E-state index in [0.29, 0.717) is 19.3 Å². The van der Waals surface area contributed by atoms with Crippen molar-refractivity contribution in [2.24, 2.45) is 4.99 Å². The van der Waals surface area contributed by atoms with Crippen molar-refractivity contribution in [3.63, 3.8) is 0 Å². The summed E-state index contributed by atoms with van der Waals surface area (Å²) in [5.41, 5.74) is 1.38. The molecule has 1 atom stereocenters. The summed E-state index contributed by atoms with van der Waals surface area (Å²) in [6.07, 6.45) is 3.46. The zero-order chi connectivity index (χ0) is 18.5. The number of aliphatic imine (C=N–C) groups is 1. The smallest absolute Gasteiger partial charge is 0.191 e. The quantitative estimate of drug-likeness (QED) is 0.358. The molecule has 1 fully saturated rings. The van der Waals surface area contributed by atoms with Gasteiger partial charge in [0.05, 0.1) is 13.2 Å². The van der Waals surface area contributed by atoms with Gasteiger partial charge in [-0.25, -0.2) is 0 Å². The molecule has 0 amide bonds. The van der Waals surface area contributed by atoms with Gasteiger partial charge in [0.2, 0.25) is 0 Å². The van der Waals surface area contributed by atoms with Crippen molar-refractivity contribution < 1.29 is 9.47 Å². The van der Waals surface area contributed by atoms with Crippen LogP contribution < -0.4 is 10.6 Å². The highest BCUT2D eigenvalue weighted by molar-refractivity contribution is 5.79. The molecule has 6 nitrogen and oxygen atoms in total. The van der Waals surface area contributed by atoms with Crippen LogP contribution in [0.4, 0.5) is 0 Å². The van der Waals surface area contributed by atoms with E-state index in [-0.39, 0.29) is 0 Å². The van der Waals surface area contributed by atoms with Gasteiger partial charge in [-0.05, 0) is 31.4 Å². The first kappa shape index (κ1) is 20.7. The minimum absolute atomic E-state index is 0.561. The minimum Gasteiger partial charge on any atom is -0.382 e. The predicted octanol–water partition coefficient (Wildman–Crippen LogP) is 1.87. The van der Waals surface area contributed by atoms with Crippen molar-refractivity contribution in [1.82, 2.24) is 15.5 Å². The molecular weight excluding hydrogens is 328 g/mol. The van der Waals surface area contributed by atoms with E-state index in [9.17, 15) is 0 Å². The predicted molar refractivity (Wildman–Crippen MR) is 107 cm³/mol. The first-order valence-corrected chi connectivity index (χ1v) is 9.62. The third-order valence-electron chi connectivity index (χ3n) is 4.65. The van der Waals surface area contributed by atoms with Gasteiger partial charge in [0.1, 0.15) is 0 Å². The molecular formula is C20H34N4O2. The molecule has 0 bridgehead atoms.